The van der Waals surface area contributed by atoms with Crippen molar-refractivity contribution in [3.63, 3.8) is 0 Å². The highest BCUT2D eigenvalue weighted by molar-refractivity contribution is 7.13. The van der Waals surface area contributed by atoms with E-state index in [2.05, 4.69) is 4.98 Å². The number of thiazole rings is 1. The van der Waals surface area contributed by atoms with Gasteiger partial charge in [0.25, 0.3) is 5.91 Å². The Morgan fingerprint density at radius 1 is 1.38 bits per heavy atom. The molecule has 1 amide bonds. The predicted octanol–water partition coefficient (Wildman–Crippen LogP) is 1.94. The van der Waals surface area contributed by atoms with Crippen LogP contribution in [-0.2, 0) is 4.79 Å². The molecule has 1 aliphatic heterocycles. The molecule has 0 saturated heterocycles. The maximum Gasteiger partial charge on any atom is 0.311 e. The van der Waals surface area contributed by atoms with E-state index >= 15 is 0 Å². The van der Waals surface area contributed by atoms with E-state index in [1.165, 1.54) is 11.3 Å². The van der Waals surface area contributed by atoms with E-state index in [-0.39, 0.29) is 5.91 Å². The predicted molar refractivity (Wildman–Crippen MR) is 79.6 cm³/mol. The molecule has 1 aliphatic rings. The number of benzene rings is 1. The summed E-state index contributed by atoms with van der Waals surface area (Å²) >= 11 is 1.21. The van der Waals surface area contributed by atoms with Crippen LogP contribution in [0.3, 0.4) is 0 Å². The maximum absolute atomic E-state index is 12.5. The normalized spacial score (nSPS) is 17.3. The van der Waals surface area contributed by atoms with Crippen molar-refractivity contribution < 1.29 is 14.7 Å². The van der Waals surface area contributed by atoms with Crippen molar-refractivity contribution in [3.05, 3.63) is 40.9 Å². The summed E-state index contributed by atoms with van der Waals surface area (Å²) in [5, 5.41) is 11.3. The van der Waals surface area contributed by atoms with Crippen LogP contribution in [0.1, 0.15) is 28.4 Å². The zero-order chi connectivity index (χ0) is 15.0. The van der Waals surface area contributed by atoms with Gasteiger partial charge >= 0.3 is 5.97 Å². The monoisotopic (exact) mass is 303 g/mol. The highest BCUT2D eigenvalue weighted by Crippen LogP contribution is 2.36. The van der Waals surface area contributed by atoms with Crippen LogP contribution in [0.4, 0.5) is 10.8 Å². The molecule has 2 heterocycles. The topological polar surface area (TPSA) is 96.5 Å². The fraction of sp³-hybridized carbons (Fsp3) is 0.214. The van der Waals surface area contributed by atoms with Crippen molar-refractivity contribution in [3.8, 4) is 0 Å². The first-order chi connectivity index (χ1) is 10.1. The summed E-state index contributed by atoms with van der Waals surface area (Å²) in [6, 6.07) is 7.09. The number of carboxylic acid groups (broad SMARTS) is 1. The Bertz CT molecular complexity index is 713. The number of nitrogens with zero attached hydrogens (tertiary/aromatic N) is 2. The second-order valence-electron chi connectivity index (χ2n) is 4.77. The number of nitrogen functional groups attached to an aromatic ring is 1. The highest BCUT2D eigenvalue weighted by Gasteiger charge is 2.33. The standard InChI is InChI=1S/C14H13N3O3S/c15-14-16-10(7-21-14)12(18)17-6-5-9(13(19)20)8-3-1-2-4-11(8)17/h1-4,7,9H,5-6H2,(H2,15,16)(H,19,20). The van der Waals surface area contributed by atoms with Gasteiger partial charge in [-0.15, -0.1) is 11.3 Å². The minimum atomic E-state index is -0.868. The second-order valence-corrected chi connectivity index (χ2v) is 5.66. The molecule has 7 heteroatoms. The molecule has 0 fully saturated rings. The van der Waals surface area contributed by atoms with E-state index in [9.17, 15) is 14.7 Å². The van der Waals surface area contributed by atoms with Gasteiger partial charge in [0.05, 0.1) is 5.92 Å². The zero-order valence-electron chi connectivity index (χ0n) is 11.0. The Labute approximate surface area is 124 Å². The summed E-state index contributed by atoms with van der Waals surface area (Å²) in [7, 11) is 0. The number of aromatic nitrogens is 1. The fourth-order valence-electron chi connectivity index (χ4n) is 2.55. The number of hydrogen-bond donors (Lipinski definition) is 2. The van der Waals surface area contributed by atoms with Crippen molar-refractivity contribution in [2.45, 2.75) is 12.3 Å². The molecule has 1 unspecified atom stereocenters. The third kappa shape index (κ3) is 2.36. The lowest BCUT2D eigenvalue weighted by Crippen LogP contribution is -2.38. The first-order valence-electron chi connectivity index (χ1n) is 6.42. The van der Waals surface area contributed by atoms with Crippen LogP contribution in [0.2, 0.25) is 0 Å². The average Bonchev–Trinajstić information content (AvgIpc) is 2.91. The Morgan fingerprint density at radius 2 is 2.14 bits per heavy atom. The van der Waals surface area contributed by atoms with Crippen LogP contribution in [-0.4, -0.2) is 28.5 Å². The van der Waals surface area contributed by atoms with Crippen LogP contribution in [0, 0.1) is 0 Å². The molecule has 3 N–H and O–H groups in total. The van der Waals surface area contributed by atoms with Crippen LogP contribution in [0.25, 0.3) is 0 Å². The quantitative estimate of drug-likeness (QED) is 0.883. The molecule has 21 heavy (non-hydrogen) atoms. The molecule has 0 aliphatic carbocycles. The Morgan fingerprint density at radius 3 is 2.81 bits per heavy atom. The number of carbonyl (C=O) groups excluding carboxylic acids is 1. The zero-order valence-corrected chi connectivity index (χ0v) is 11.8. The lowest BCUT2D eigenvalue weighted by Gasteiger charge is -2.32. The van der Waals surface area contributed by atoms with Crippen LogP contribution in [0.15, 0.2) is 29.6 Å². The maximum atomic E-state index is 12.5. The summed E-state index contributed by atoms with van der Waals surface area (Å²) in [5.74, 6) is -1.70. The molecule has 2 aromatic rings. The van der Waals surface area contributed by atoms with Crippen LogP contribution >= 0.6 is 11.3 Å². The third-order valence-corrected chi connectivity index (χ3v) is 4.20. The van der Waals surface area contributed by atoms with E-state index in [4.69, 9.17) is 5.73 Å². The number of carboxylic acids is 1. The summed E-state index contributed by atoms with van der Waals surface area (Å²) in [6.07, 6.45) is 0.387. The molecule has 6 nitrogen and oxygen atoms in total. The van der Waals surface area contributed by atoms with Crippen molar-refractivity contribution in [2.75, 3.05) is 17.2 Å². The van der Waals surface area contributed by atoms with E-state index in [1.54, 1.807) is 34.5 Å². The lowest BCUT2D eigenvalue weighted by molar-refractivity contribution is -0.139. The average molecular weight is 303 g/mol. The summed E-state index contributed by atoms with van der Waals surface area (Å²) in [5.41, 5.74) is 7.15. The molecular weight excluding hydrogens is 290 g/mol. The second kappa shape index (κ2) is 5.17. The highest BCUT2D eigenvalue weighted by atomic mass is 32.1. The Kier molecular flexibility index (Phi) is 3.34. The first-order valence-corrected chi connectivity index (χ1v) is 7.30. The molecular formula is C14H13N3O3S. The number of amides is 1. The molecule has 0 saturated carbocycles. The van der Waals surface area contributed by atoms with E-state index in [1.807, 2.05) is 0 Å². The van der Waals surface area contributed by atoms with Crippen molar-refractivity contribution in [1.29, 1.82) is 0 Å². The number of para-hydroxylation sites is 1. The van der Waals surface area contributed by atoms with Crippen molar-refractivity contribution >= 4 is 34.0 Å². The molecule has 3 rings (SSSR count). The summed E-state index contributed by atoms with van der Waals surface area (Å²) in [4.78, 5) is 29.4. The number of hydrogen-bond acceptors (Lipinski definition) is 5. The molecule has 0 bridgehead atoms. The molecule has 108 valence electrons. The van der Waals surface area contributed by atoms with Crippen molar-refractivity contribution in [2.24, 2.45) is 0 Å². The van der Waals surface area contributed by atoms with E-state index in [0.29, 0.717) is 35.0 Å². The fourth-order valence-corrected chi connectivity index (χ4v) is 3.09. The number of rotatable bonds is 2. The van der Waals surface area contributed by atoms with Gasteiger partial charge in [0.15, 0.2) is 5.13 Å². The van der Waals surface area contributed by atoms with Gasteiger partial charge < -0.3 is 15.7 Å². The van der Waals surface area contributed by atoms with Gasteiger partial charge in [-0.25, -0.2) is 4.98 Å². The van der Waals surface area contributed by atoms with Gasteiger partial charge in [0.1, 0.15) is 5.69 Å². The summed E-state index contributed by atoms with van der Waals surface area (Å²) < 4.78 is 0. The lowest BCUT2D eigenvalue weighted by atomic mass is 9.90. The SMILES string of the molecule is Nc1nc(C(=O)N2CCC(C(=O)O)c3ccccc32)cs1. The van der Waals surface area contributed by atoms with Crippen LogP contribution in [0.5, 0.6) is 0 Å². The molecule has 1 aromatic heterocycles. The smallest absolute Gasteiger partial charge is 0.311 e. The van der Waals surface area contributed by atoms with E-state index in [0.717, 1.165) is 0 Å². The Hall–Kier alpha value is -2.41. The van der Waals surface area contributed by atoms with Gasteiger partial charge in [-0.3, -0.25) is 9.59 Å². The third-order valence-electron chi connectivity index (χ3n) is 3.53. The number of nitrogens with two attached hydrogens (primary N) is 1. The van der Waals surface area contributed by atoms with Gasteiger partial charge in [0.2, 0.25) is 0 Å². The molecule has 0 radical (unpaired) electrons. The van der Waals surface area contributed by atoms with Gasteiger partial charge in [-0.1, -0.05) is 18.2 Å². The number of anilines is 2. The molecule has 0 spiro atoms. The number of carbonyl (C=O) groups is 2. The van der Waals surface area contributed by atoms with Gasteiger partial charge in [-0.2, -0.15) is 0 Å². The summed E-state index contributed by atoms with van der Waals surface area (Å²) in [6.45, 7) is 0.351. The molecule has 1 aromatic carbocycles. The minimum Gasteiger partial charge on any atom is -0.481 e. The molecule has 1 atom stereocenters. The minimum absolute atomic E-state index is 0.251. The largest absolute Gasteiger partial charge is 0.481 e. The van der Waals surface area contributed by atoms with E-state index < -0.39 is 11.9 Å². The van der Waals surface area contributed by atoms with Gasteiger partial charge in [-0.05, 0) is 18.1 Å². The van der Waals surface area contributed by atoms with Crippen LogP contribution < -0.4 is 10.6 Å². The number of aliphatic carboxylic acids is 1. The number of fused-ring (bicyclic) bond motifs is 1. The van der Waals surface area contributed by atoms with Crippen molar-refractivity contribution in [1.82, 2.24) is 4.98 Å². The Balaban J connectivity index is 2.00. The first kappa shape index (κ1) is 13.6. The van der Waals surface area contributed by atoms with Gasteiger partial charge in [0, 0.05) is 17.6 Å².